The second-order valence-electron chi connectivity index (χ2n) is 8.02. The molecule has 1 aliphatic rings. The van der Waals surface area contributed by atoms with E-state index in [-0.39, 0.29) is 30.3 Å². The van der Waals surface area contributed by atoms with Gasteiger partial charge in [0.05, 0.1) is 7.11 Å². The Labute approximate surface area is 202 Å². The minimum Gasteiger partial charge on any atom is -0.482 e. The molecule has 1 atom stereocenters. The first-order valence-corrected chi connectivity index (χ1v) is 11.9. The van der Waals surface area contributed by atoms with Gasteiger partial charge < -0.3 is 24.6 Å². The largest absolute Gasteiger partial charge is 0.482 e. The van der Waals surface area contributed by atoms with Gasteiger partial charge in [0.25, 0.3) is 5.91 Å². The zero-order valence-corrected chi connectivity index (χ0v) is 20.3. The third-order valence-electron chi connectivity index (χ3n) is 5.67. The maximum Gasteiger partial charge on any atom is 0.318 e. The molecule has 4 rings (SSSR count). The molecule has 0 saturated carbocycles. The number of benzene rings is 1. The summed E-state index contributed by atoms with van der Waals surface area (Å²) in [6, 6.07) is 9.04. The fraction of sp³-hybridized carbons (Fsp3) is 0.375. The van der Waals surface area contributed by atoms with Crippen molar-refractivity contribution in [2.75, 3.05) is 45.7 Å². The smallest absolute Gasteiger partial charge is 0.318 e. The maximum absolute atomic E-state index is 15.0. The molecular formula is C24H28FN5O3S. The lowest BCUT2D eigenvalue weighted by atomic mass is 10.1. The van der Waals surface area contributed by atoms with Crippen LogP contribution in [0.1, 0.15) is 33.3 Å². The number of anilines is 1. The summed E-state index contributed by atoms with van der Waals surface area (Å²) in [6.45, 7) is 2.07. The molecule has 10 heteroatoms. The summed E-state index contributed by atoms with van der Waals surface area (Å²) in [4.78, 5) is 26.2. The summed E-state index contributed by atoms with van der Waals surface area (Å²) in [5, 5.41) is 5.10. The van der Waals surface area contributed by atoms with Crippen LogP contribution in [-0.2, 0) is 6.54 Å². The number of nitrogens with zero attached hydrogens (tertiary/aromatic N) is 4. The van der Waals surface area contributed by atoms with E-state index < -0.39 is 5.82 Å². The van der Waals surface area contributed by atoms with Crippen LogP contribution in [-0.4, -0.2) is 61.6 Å². The van der Waals surface area contributed by atoms with Gasteiger partial charge in [0.1, 0.15) is 17.5 Å². The Morgan fingerprint density at radius 3 is 2.85 bits per heavy atom. The van der Waals surface area contributed by atoms with Gasteiger partial charge in [0, 0.05) is 44.2 Å². The molecule has 1 N–H and O–H groups in total. The molecule has 34 heavy (non-hydrogen) atoms. The van der Waals surface area contributed by atoms with Crippen LogP contribution in [0.4, 0.5) is 10.2 Å². The molecular weight excluding hydrogens is 457 g/mol. The molecule has 0 fully saturated rings. The van der Waals surface area contributed by atoms with Crippen LogP contribution in [0, 0.1) is 5.82 Å². The van der Waals surface area contributed by atoms with E-state index in [0.29, 0.717) is 30.0 Å². The monoisotopic (exact) mass is 485 g/mol. The van der Waals surface area contributed by atoms with E-state index in [1.807, 2.05) is 36.5 Å². The van der Waals surface area contributed by atoms with Crippen molar-refractivity contribution in [3.8, 4) is 11.8 Å². The van der Waals surface area contributed by atoms with Crippen molar-refractivity contribution >= 4 is 23.1 Å². The number of carbonyl (C=O) groups excluding carboxylic acids is 1. The second kappa shape index (κ2) is 10.8. The van der Waals surface area contributed by atoms with Crippen molar-refractivity contribution in [3.05, 3.63) is 63.7 Å². The van der Waals surface area contributed by atoms with E-state index in [1.165, 1.54) is 19.4 Å². The van der Waals surface area contributed by atoms with Gasteiger partial charge in [-0.25, -0.2) is 9.37 Å². The van der Waals surface area contributed by atoms with Crippen LogP contribution in [0.15, 0.2) is 41.9 Å². The van der Waals surface area contributed by atoms with E-state index in [0.717, 1.165) is 17.8 Å². The number of carbonyl (C=O) groups is 1. The molecule has 1 unspecified atom stereocenters. The molecule has 3 heterocycles. The summed E-state index contributed by atoms with van der Waals surface area (Å²) in [5.74, 6) is 0.0745. The Bertz CT molecular complexity index is 1130. The number of hydrogen-bond donors (Lipinski definition) is 1. The number of methoxy groups -OCH3 is 1. The van der Waals surface area contributed by atoms with Crippen molar-refractivity contribution in [3.63, 3.8) is 0 Å². The number of fused-ring (bicyclic) bond motifs is 1. The van der Waals surface area contributed by atoms with Gasteiger partial charge >= 0.3 is 6.01 Å². The number of thiophene rings is 1. The Kier molecular flexibility index (Phi) is 7.59. The Morgan fingerprint density at radius 2 is 2.15 bits per heavy atom. The van der Waals surface area contributed by atoms with Crippen molar-refractivity contribution < 1.29 is 18.7 Å². The van der Waals surface area contributed by atoms with Crippen molar-refractivity contribution in [2.24, 2.45) is 0 Å². The third-order valence-corrected chi connectivity index (χ3v) is 6.63. The average Bonchev–Trinajstić information content (AvgIpc) is 3.36. The lowest BCUT2D eigenvalue weighted by Crippen LogP contribution is -2.33. The SMILES string of the molecule is CNCCC(Oc1ccc(CN2CCN(C)c3nc(OC)ncc3C2=O)cc1F)c1cccs1. The number of aromatic nitrogens is 2. The number of amides is 1. The number of rotatable bonds is 9. The maximum atomic E-state index is 15.0. The molecule has 8 nitrogen and oxygen atoms in total. The third kappa shape index (κ3) is 5.28. The number of ether oxygens (including phenoxy) is 2. The van der Waals surface area contributed by atoms with Crippen LogP contribution < -0.4 is 19.7 Å². The normalized spacial score (nSPS) is 14.5. The highest BCUT2D eigenvalue weighted by molar-refractivity contribution is 7.10. The zero-order valence-electron chi connectivity index (χ0n) is 19.5. The Balaban J connectivity index is 1.50. The first-order valence-electron chi connectivity index (χ1n) is 11.0. The van der Waals surface area contributed by atoms with Crippen molar-refractivity contribution in [1.29, 1.82) is 0 Å². The fourth-order valence-corrected chi connectivity index (χ4v) is 4.61. The minimum atomic E-state index is -0.448. The average molecular weight is 486 g/mol. The Morgan fingerprint density at radius 1 is 1.29 bits per heavy atom. The Hall–Kier alpha value is -3.24. The highest BCUT2D eigenvalue weighted by Crippen LogP contribution is 2.30. The molecule has 1 amide bonds. The number of halogens is 1. The second-order valence-corrected chi connectivity index (χ2v) is 9.00. The van der Waals surface area contributed by atoms with Gasteiger partial charge in [-0.05, 0) is 42.7 Å². The van der Waals surface area contributed by atoms with Crippen molar-refractivity contribution in [1.82, 2.24) is 20.2 Å². The molecule has 0 saturated heterocycles. The number of likely N-dealkylation sites (N-methyl/N-ethyl adjacent to an activating group) is 1. The molecule has 1 aliphatic heterocycles. The predicted molar refractivity (Wildman–Crippen MR) is 129 cm³/mol. The summed E-state index contributed by atoms with van der Waals surface area (Å²) in [5.41, 5.74) is 1.08. The summed E-state index contributed by atoms with van der Waals surface area (Å²) < 4.78 is 26.1. The van der Waals surface area contributed by atoms with Crippen LogP contribution in [0.2, 0.25) is 0 Å². The van der Waals surface area contributed by atoms with Gasteiger partial charge in [-0.2, -0.15) is 4.98 Å². The molecule has 0 spiro atoms. The van der Waals surface area contributed by atoms with E-state index in [1.54, 1.807) is 28.4 Å². The van der Waals surface area contributed by atoms with Crippen molar-refractivity contribution in [2.45, 2.75) is 19.1 Å². The van der Waals surface area contributed by atoms with Crippen LogP contribution >= 0.6 is 11.3 Å². The molecule has 0 aliphatic carbocycles. The minimum absolute atomic E-state index is 0.200. The molecule has 0 radical (unpaired) electrons. The van der Waals surface area contributed by atoms with Crippen LogP contribution in [0.5, 0.6) is 11.8 Å². The van der Waals surface area contributed by atoms with E-state index in [2.05, 4.69) is 15.3 Å². The molecule has 1 aromatic carbocycles. The summed E-state index contributed by atoms with van der Waals surface area (Å²) in [7, 11) is 5.23. The first kappa shape index (κ1) is 23.9. The first-order chi connectivity index (χ1) is 16.5. The van der Waals surface area contributed by atoms with Gasteiger partial charge in [0.15, 0.2) is 11.6 Å². The van der Waals surface area contributed by atoms with E-state index in [9.17, 15) is 4.79 Å². The number of nitrogens with one attached hydrogen (secondary N) is 1. The van der Waals surface area contributed by atoms with Crippen LogP contribution in [0.3, 0.4) is 0 Å². The lowest BCUT2D eigenvalue weighted by molar-refractivity contribution is 0.0754. The van der Waals surface area contributed by atoms with Crippen LogP contribution in [0.25, 0.3) is 0 Å². The standard InChI is InChI=1S/C24H28FN5O3S/c1-26-9-8-20(21-5-4-12-34-21)33-19-7-6-16(13-18(19)25)15-30-11-10-29(2)22-17(23(30)31)14-27-24(28-22)32-3/h4-7,12-14,20,26H,8-11,15H2,1-3H3. The molecule has 2 aromatic heterocycles. The predicted octanol–water partition coefficient (Wildman–Crippen LogP) is 3.51. The highest BCUT2D eigenvalue weighted by Gasteiger charge is 2.27. The molecule has 180 valence electrons. The van der Waals surface area contributed by atoms with Gasteiger partial charge in [0.2, 0.25) is 0 Å². The van der Waals surface area contributed by atoms with E-state index >= 15 is 4.39 Å². The quantitative estimate of drug-likeness (QED) is 0.497. The number of hydrogen-bond acceptors (Lipinski definition) is 8. The van der Waals surface area contributed by atoms with E-state index in [4.69, 9.17) is 9.47 Å². The molecule has 3 aromatic rings. The van der Waals surface area contributed by atoms with Gasteiger partial charge in [-0.3, -0.25) is 4.79 Å². The van der Waals surface area contributed by atoms with Gasteiger partial charge in [-0.15, -0.1) is 11.3 Å². The zero-order chi connectivity index (χ0) is 24.1. The summed E-state index contributed by atoms with van der Waals surface area (Å²) in [6.07, 6.45) is 1.97. The highest BCUT2D eigenvalue weighted by atomic mass is 32.1. The van der Waals surface area contributed by atoms with Gasteiger partial charge in [-0.1, -0.05) is 12.1 Å². The molecule has 0 bridgehead atoms. The topological polar surface area (TPSA) is 79.8 Å². The summed E-state index contributed by atoms with van der Waals surface area (Å²) >= 11 is 1.59. The lowest BCUT2D eigenvalue weighted by Gasteiger charge is -2.22. The fourth-order valence-electron chi connectivity index (χ4n) is 3.82.